The molecule has 0 heterocycles. The van der Waals surface area contributed by atoms with E-state index < -0.39 is 17.8 Å². The number of benzene rings is 1. The van der Waals surface area contributed by atoms with Gasteiger partial charge in [0, 0.05) is 26.1 Å². The van der Waals surface area contributed by atoms with Gasteiger partial charge in [0.2, 0.25) is 0 Å². The largest absolute Gasteiger partial charge is 0.489 e. The van der Waals surface area contributed by atoms with Crippen molar-refractivity contribution in [1.82, 2.24) is 5.32 Å². The number of urea groups is 1. The van der Waals surface area contributed by atoms with Crippen molar-refractivity contribution in [3.63, 3.8) is 0 Å². The molecule has 0 saturated carbocycles. The number of anilines is 1. The van der Waals surface area contributed by atoms with Gasteiger partial charge >= 0.3 is 12.0 Å². The predicted octanol–water partition coefficient (Wildman–Crippen LogP) is 1.84. The third-order valence-electron chi connectivity index (χ3n) is 2.59. The fourth-order valence-corrected chi connectivity index (χ4v) is 1.57. The molecule has 0 radical (unpaired) electrons. The van der Waals surface area contributed by atoms with Gasteiger partial charge in [0.15, 0.2) is 0 Å². The predicted molar refractivity (Wildman–Crippen MR) is 77.7 cm³/mol. The van der Waals surface area contributed by atoms with Crippen LogP contribution in [0, 0.1) is 5.82 Å². The number of carboxylic acids is 1. The number of nitrogens with one attached hydrogen (secondary N) is 2. The topological polar surface area (TPSA) is 96.9 Å². The average molecular weight is 314 g/mol. The maximum absolute atomic E-state index is 13.3. The first-order valence-electron chi connectivity index (χ1n) is 6.71. The zero-order chi connectivity index (χ0) is 16.4. The number of rotatable bonds is 9. The van der Waals surface area contributed by atoms with Gasteiger partial charge in [0.05, 0.1) is 12.3 Å². The van der Waals surface area contributed by atoms with Crippen molar-refractivity contribution in [2.45, 2.75) is 12.8 Å². The lowest BCUT2D eigenvalue weighted by Crippen LogP contribution is -2.30. The van der Waals surface area contributed by atoms with E-state index in [1.807, 2.05) is 0 Å². The highest BCUT2D eigenvalue weighted by Gasteiger charge is 2.09. The summed E-state index contributed by atoms with van der Waals surface area (Å²) in [6.45, 7) is 0.822. The van der Waals surface area contributed by atoms with E-state index in [2.05, 4.69) is 10.6 Å². The molecule has 0 aliphatic rings. The molecular formula is C14H19FN2O5. The molecule has 122 valence electrons. The van der Waals surface area contributed by atoms with Crippen LogP contribution < -0.4 is 15.4 Å². The second kappa shape index (κ2) is 9.56. The SMILES string of the molecule is COCCOc1ccc(F)cc1NC(=O)NCCCC(=O)O. The second-order valence-corrected chi connectivity index (χ2v) is 4.36. The summed E-state index contributed by atoms with van der Waals surface area (Å²) in [5, 5.41) is 13.4. The molecule has 0 aromatic heterocycles. The van der Waals surface area contributed by atoms with Crippen LogP contribution in [0.4, 0.5) is 14.9 Å². The molecule has 8 heteroatoms. The van der Waals surface area contributed by atoms with Crippen LogP contribution in [0.25, 0.3) is 0 Å². The van der Waals surface area contributed by atoms with Gasteiger partial charge in [-0.05, 0) is 18.6 Å². The van der Waals surface area contributed by atoms with Gasteiger partial charge in [0.1, 0.15) is 18.2 Å². The lowest BCUT2D eigenvalue weighted by molar-refractivity contribution is -0.137. The molecule has 22 heavy (non-hydrogen) atoms. The number of hydrogen-bond donors (Lipinski definition) is 3. The number of ether oxygens (including phenoxy) is 2. The minimum atomic E-state index is -0.929. The van der Waals surface area contributed by atoms with E-state index in [4.69, 9.17) is 14.6 Å². The van der Waals surface area contributed by atoms with Gasteiger partial charge in [-0.3, -0.25) is 4.79 Å². The number of methoxy groups -OCH3 is 1. The van der Waals surface area contributed by atoms with Crippen molar-refractivity contribution in [2.75, 3.05) is 32.2 Å². The average Bonchev–Trinajstić information content (AvgIpc) is 2.46. The van der Waals surface area contributed by atoms with Crippen molar-refractivity contribution < 1.29 is 28.6 Å². The molecular weight excluding hydrogens is 295 g/mol. The lowest BCUT2D eigenvalue weighted by atomic mass is 10.3. The molecule has 3 N–H and O–H groups in total. The summed E-state index contributed by atoms with van der Waals surface area (Å²) in [7, 11) is 1.53. The molecule has 0 unspecified atom stereocenters. The highest BCUT2D eigenvalue weighted by molar-refractivity contribution is 5.90. The van der Waals surface area contributed by atoms with Crippen molar-refractivity contribution in [3.05, 3.63) is 24.0 Å². The van der Waals surface area contributed by atoms with E-state index in [9.17, 15) is 14.0 Å². The fourth-order valence-electron chi connectivity index (χ4n) is 1.57. The molecule has 1 aromatic rings. The van der Waals surface area contributed by atoms with Crippen molar-refractivity contribution in [1.29, 1.82) is 0 Å². The molecule has 7 nitrogen and oxygen atoms in total. The fraction of sp³-hybridized carbons (Fsp3) is 0.429. The van der Waals surface area contributed by atoms with E-state index in [-0.39, 0.29) is 25.3 Å². The van der Waals surface area contributed by atoms with Crippen molar-refractivity contribution >= 4 is 17.7 Å². The zero-order valence-corrected chi connectivity index (χ0v) is 12.2. The van der Waals surface area contributed by atoms with E-state index in [0.29, 0.717) is 18.8 Å². The maximum atomic E-state index is 13.3. The molecule has 0 spiro atoms. The number of halogens is 1. The van der Waals surface area contributed by atoms with Crippen LogP contribution >= 0.6 is 0 Å². The van der Waals surface area contributed by atoms with E-state index in [1.165, 1.54) is 19.2 Å². The van der Waals surface area contributed by atoms with Crippen LogP contribution in [-0.4, -0.2) is 44.0 Å². The van der Waals surface area contributed by atoms with Gasteiger partial charge in [-0.2, -0.15) is 0 Å². The van der Waals surface area contributed by atoms with E-state index in [1.54, 1.807) is 0 Å². The Morgan fingerprint density at radius 1 is 1.32 bits per heavy atom. The molecule has 0 aliphatic carbocycles. The lowest BCUT2D eigenvalue weighted by Gasteiger charge is -2.13. The summed E-state index contributed by atoms with van der Waals surface area (Å²) in [4.78, 5) is 22.0. The number of carbonyl (C=O) groups is 2. The number of aliphatic carboxylic acids is 1. The summed E-state index contributed by atoms with van der Waals surface area (Å²) in [5.41, 5.74) is 0.187. The van der Waals surface area contributed by atoms with Crippen LogP contribution in [0.3, 0.4) is 0 Å². The van der Waals surface area contributed by atoms with Gasteiger partial charge < -0.3 is 25.2 Å². The normalized spacial score (nSPS) is 10.1. The quantitative estimate of drug-likeness (QED) is 0.604. The summed E-state index contributed by atoms with van der Waals surface area (Å²) < 4.78 is 23.5. The first kappa shape index (κ1) is 17.7. The minimum Gasteiger partial charge on any atom is -0.489 e. The summed E-state index contributed by atoms with van der Waals surface area (Å²) in [6.07, 6.45) is 0.273. The van der Waals surface area contributed by atoms with Gasteiger partial charge in [-0.25, -0.2) is 9.18 Å². The maximum Gasteiger partial charge on any atom is 0.319 e. The van der Waals surface area contributed by atoms with Crippen LogP contribution in [-0.2, 0) is 9.53 Å². The molecule has 0 aliphatic heterocycles. The molecule has 0 saturated heterocycles. The molecule has 0 bridgehead atoms. The third-order valence-corrected chi connectivity index (χ3v) is 2.59. The Labute approximate surface area is 127 Å². The molecule has 0 fully saturated rings. The van der Waals surface area contributed by atoms with Crippen molar-refractivity contribution in [3.8, 4) is 5.75 Å². The van der Waals surface area contributed by atoms with Crippen LogP contribution in [0.5, 0.6) is 5.75 Å². The summed E-state index contributed by atoms with van der Waals surface area (Å²) >= 11 is 0. The Morgan fingerprint density at radius 3 is 2.77 bits per heavy atom. The molecule has 0 atom stereocenters. The van der Waals surface area contributed by atoms with Gasteiger partial charge in [-0.15, -0.1) is 0 Å². The number of hydrogen-bond acceptors (Lipinski definition) is 4. The molecule has 1 rings (SSSR count). The van der Waals surface area contributed by atoms with Crippen LogP contribution in [0.1, 0.15) is 12.8 Å². The standard InChI is InChI=1S/C14H19FN2O5/c1-21-7-8-22-12-5-4-10(15)9-11(12)17-14(20)16-6-2-3-13(18)19/h4-5,9H,2-3,6-8H2,1H3,(H,18,19)(H2,16,17,20). The number of carbonyl (C=O) groups excluding carboxylic acids is 1. The monoisotopic (exact) mass is 314 g/mol. The first-order chi connectivity index (χ1) is 10.5. The zero-order valence-electron chi connectivity index (χ0n) is 12.2. The second-order valence-electron chi connectivity index (χ2n) is 4.36. The Balaban J connectivity index is 2.53. The molecule has 1 aromatic carbocycles. The highest BCUT2D eigenvalue weighted by atomic mass is 19.1. The summed E-state index contributed by atoms with van der Waals surface area (Å²) in [6, 6.07) is 3.20. The Hall–Kier alpha value is -2.35. The van der Waals surface area contributed by atoms with Gasteiger partial charge in [0.25, 0.3) is 0 Å². The number of carboxylic acid groups (broad SMARTS) is 1. The Bertz CT molecular complexity index is 510. The minimum absolute atomic E-state index is 0.0361. The van der Waals surface area contributed by atoms with Crippen molar-refractivity contribution in [2.24, 2.45) is 0 Å². The first-order valence-corrected chi connectivity index (χ1v) is 6.71. The summed E-state index contributed by atoms with van der Waals surface area (Å²) in [5.74, 6) is -1.12. The molecule has 2 amide bonds. The van der Waals surface area contributed by atoms with Crippen LogP contribution in [0.2, 0.25) is 0 Å². The van der Waals surface area contributed by atoms with E-state index in [0.717, 1.165) is 6.07 Å². The number of amides is 2. The highest BCUT2D eigenvalue weighted by Crippen LogP contribution is 2.25. The smallest absolute Gasteiger partial charge is 0.319 e. The van der Waals surface area contributed by atoms with Crippen LogP contribution in [0.15, 0.2) is 18.2 Å². The van der Waals surface area contributed by atoms with E-state index >= 15 is 0 Å². The Kier molecular flexibility index (Phi) is 7.69. The Morgan fingerprint density at radius 2 is 2.09 bits per heavy atom. The van der Waals surface area contributed by atoms with Gasteiger partial charge in [-0.1, -0.05) is 0 Å². The third kappa shape index (κ3) is 6.89.